The standard InChI is InChI=1S/C26H45N2O23P/c1-5-9(27)19(50-24-10(28-6(2)29)13(32)11(30)8(47-24)4-45-52(41,42)43)18(37)25(46-5)44-3-7-12(31)14(33)17(36)26(48-7)51-20-15(34)16(35)23(40)49-21(20)22(38)39/h5,7-21,23-26,30-37,40H,3-4,27H2,1-2H3,(H,28,29)(H,38,39)(H2,41,42,43)/t5-,7-,8-,9-,10-,11-,12-,13-,14+,15-,16-,17-,18-,19+,20-,21+,23+,24-,25-,26-/m1/s1. The molecule has 4 rings (SSSR count). The second kappa shape index (κ2) is 17.4. The largest absolute Gasteiger partial charge is 0.479 e. The van der Waals surface area contributed by atoms with E-state index in [0.717, 1.165) is 6.92 Å². The van der Waals surface area contributed by atoms with Crippen LogP contribution in [-0.2, 0) is 51.8 Å². The summed E-state index contributed by atoms with van der Waals surface area (Å²) in [5.74, 6) is -2.46. The molecule has 0 radical (unpaired) electrons. The zero-order chi connectivity index (χ0) is 39.0. The number of carbonyl (C=O) groups is 2. The number of nitrogens with two attached hydrogens (primary N) is 1. The van der Waals surface area contributed by atoms with E-state index in [-0.39, 0.29) is 0 Å². The van der Waals surface area contributed by atoms with E-state index in [0.29, 0.717) is 0 Å². The Balaban J connectivity index is 1.47. The normalized spacial score (nSPS) is 47.5. The van der Waals surface area contributed by atoms with Crippen molar-refractivity contribution in [1.82, 2.24) is 5.32 Å². The predicted octanol–water partition coefficient (Wildman–Crippen LogP) is -8.40. The van der Waals surface area contributed by atoms with Crippen LogP contribution in [0, 0.1) is 0 Å². The van der Waals surface area contributed by atoms with Crippen LogP contribution in [0.25, 0.3) is 0 Å². The third-order valence-corrected chi connectivity index (χ3v) is 9.33. The van der Waals surface area contributed by atoms with Crippen molar-refractivity contribution >= 4 is 19.7 Å². The summed E-state index contributed by atoms with van der Waals surface area (Å²) in [6, 6.07) is -2.71. The number of aliphatic hydroxyl groups excluding tert-OH is 9. The maximum absolute atomic E-state index is 11.9. The van der Waals surface area contributed by atoms with Gasteiger partial charge in [-0.05, 0) is 6.92 Å². The van der Waals surface area contributed by atoms with E-state index in [4.69, 9.17) is 48.7 Å². The number of carbonyl (C=O) groups excluding carboxylic acids is 1. The van der Waals surface area contributed by atoms with Crippen LogP contribution in [0.3, 0.4) is 0 Å². The molecular weight excluding hydrogens is 739 g/mol. The van der Waals surface area contributed by atoms with Crippen molar-refractivity contribution in [3.63, 3.8) is 0 Å². The van der Waals surface area contributed by atoms with E-state index >= 15 is 0 Å². The van der Waals surface area contributed by atoms with Crippen molar-refractivity contribution in [2.24, 2.45) is 5.73 Å². The maximum Gasteiger partial charge on any atom is 0.469 e. The van der Waals surface area contributed by atoms with Crippen molar-refractivity contribution in [3.05, 3.63) is 0 Å². The van der Waals surface area contributed by atoms with Gasteiger partial charge in [0, 0.05) is 6.92 Å². The first-order valence-corrected chi connectivity index (χ1v) is 17.3. The lowest BCUT2D eigenvalue weighted by molar-refractivity contribution is -0.359. The molecule has 4 heterocycles. The highest BCUT2D eigenvalue weighted by Gasteiger charge is 2.54. The molecule has 0 aromatic heterocycles. The monoisotopic (exact) mass is 784 g/mol. The minimum absolute atomic E-state index is 0.719. The van der Waals surface area contributed by atoms with Crippen molar-refractivity contribution in [2.75, 3.05) is 13.2 Å². The number of phosphoric ester groups is 1. The Morgan fingerprint density at radius 2 is 1.29 bits per heavy atom. The lowest BCUT2D eigenvalue weighted by Crippen LogP contribution is -2.68. The number of hydrogen-bond donors (Lipinski definition) is 14. The average molecular weight is 785 g/mol. The van der Waals surface area contributed by atoms with Gasteiger partial charge < -0.3 is 105 Å². The number of aliphatic hydroxyl groups is 9. The third-order valence-electron chi connectivity index (χ3n) is 8.85. The fraction of sp³-hybridized carbons (Fsp3) is 0.923. The summed E-state index contributed by atoms with van der Waals surface area (Å²) < 4.78 is 53.9. The molecule has 25 nitrogen and oxygen atoms in total. The molecular formula is C26H45N2O23P. The molecule has 20 atom stereocenters. The first kappa shape index (κ1) is 43.1. The zero-order valence-corrected chi connectivity index (χ0v) is 28.2. The van der Waals surface area contributed by atoms with E-state index in [1.165, 1.54) is 6.92 Å². The van der Waals surface area contributed by atoms with E-state index in [9.17, 15) is 65.2 Å². The van der Waals surface area contributed by atoms with E-state index in [2.05, 4.69) is 9.84 Å². The van der Waals surface area contributed by atoms with E-state index < -0.39 is 156 Å². The van der Waals surface area contributed by atoms with Gasteiger partial charge in [0.25, 0.3) is 0 Å². The fourth-order valence-corrected chi connectivity index (χ4v) is 6.29. The first-order chi connectivity index (χ1) is 24.1. The summed E-state index contributed by atoms with van der Waals surface area (Å²) in [6.07, 6.45) is -33.1. The molecule has 0 spiro atoms. The van der Waals surface area contributed by atoms with Crippen molar-refractivity contribution < 1.29 is 113 Å². The van der Waals surface area contributed by atoms with Gasteiger partial charge in [0.2, 0.25) is 5.91 Å². The number of rotatable bonds is 12. The molecule has 0 bridgehead atoms. The van der Waals surface area contributed by atoms with Crippen LogP contribution >= 0.6 is 7.82 Å². The Morgan fingerprint density at radius 3 is 1.88 bits per heavy atom. The molecule has 4 aliphatic heterocycles. The number of hydrogen-bond acceptors (Lipinski definition) is 21. The fourth-order valence-electron chi connectivity index (χ4n) is 5.95. The minimum Gasteiger partial charge on any atom is -0.479 e. The summed E-state index contributed by atoms with van der Waals surface area (Å²) >= 11 is 0. The number of carboxylic acids is 1. The lowest BCUT2D eigenvalue weighted by atomic mass is 9.95. The molecule has 1 amide bonds. The summed E-state index contributed by atoms with van der Waals surface area (Å²) in [5, 5.41) is 106. The van der Waals surface area contributed by atoms with Gasteiger partial charge in [-0.15, -0.1) is 0 Å². The number of aliphatic carboxylic acids is 1. The van der Waals surface area contributed by atoms with Crippen LogP contribution in [0.5, 0.6) is 0 Å². The van der Waals surface area contributed by atoms with Gasteiger partial charge in [-0.3, -0.25) is 9.32 Å². The number of carboxylic acid groups (broad SMARTS) is 1. The summed E-state index contributed by atoms with van der Waals surface area (Å²) in [7, 11) is -5.07. The van der Waals surface area contributed by atoms with Crippen LogP contribution in [0.2, 0.25) is 0 Å². The second-order valence-corrected chi connectivity index (χ2v) is 13.9. The van der Waals surface area contributed by atoms with Gasteiger partial charge >= 0.3 is 13.8 Å². The summed E-state index contributed by atoms with van der Waals surface area (Å²) in [4.78, 5) is 41.7. The number of ether oxygens (including phenoxy) is 7. The zero-order valence-electron chi connectivity index (χ0n) is 27.3. The predicted molar refractivity (Wildman–Crippen MR) is 158 cm³/mol. The molecule has 4 fully saturated rings. The Hall–Kier alpha value is -1.63. The van der Waals surface area contributed by atoms with Gasteiger partial charge in [0.1, 0.15) is 79.3 Å². The SMILES string of the molecule is CC(=O)N[C@H]1[C@@H](O[C@H]2[C@H](N)[C@@H](C)O[C@@H](OC[C@H]3O[C@H](O[C@@H]4[C@H](O)[C@@H](O)[C@@H](O)O[C@@H]4C(=O)O)[C@H](O)[C@@H](O)[C@@H]3O)[C@@H]2O)O[C@H](COP(=O)(O)O)[C@@H](O)[C@@H]1O. The molecule has 26 heteroatoms. The van der Waals surface area contributed by atoms with Gasteiger partial charge in [-0.1, -0.05) is 0 Å². The highest BCUT2D eigenvalue weighted by Crippen LogP contribution is 2.38. The average Bonchev–Trinajstić information content (AvgIpc) is 3.06. The van der Waals surface area contributed by atoms with E-state index in [1.807, 2.05) is 0 Å². The first-order valence-electron chi connectivity index (χ1n) is 15.8. The molecule has 0 aliphatic carbocycles. The lowest BCUT2D eigenvalue weighted by Gasteiger charge is -2.48. The highest BCUT2D eigenvalue weighted by molar-refractivity contribution is 7.46. The van der Waals surface area contributed by atoms with Crippen LogP contribution in [0.1, 0.15) is 13.8 Å². The molecule has 4 saturated heterocycles. The molecule has 52 heavy (non-hydrogen) atoms. The van der Waals surface area contributed by atoms with Crippen molar-refractivity contribution in [3.8, 4) is 0 Å². The Morgan fingerprint density at radius 1 is 0.712 bits per heavy atom. The topological polar surface area (TPSA) is 406 Å². The Bertz CT molecular complexity index is 1260. The molecule has 0 saturated carbocycles. The van der Waals surface area contributed by atoms with Crippen LogP contribution in [0.4, 0.5) is 0 Å². The smallest absolute Gasteiger partial charge is 0.469 e. The molecule has 15 N–H and O–H groups in total. The minimum atomic E-state index is -5.07. The van der Waals surface area contributed by atoms with Crippen molar-refractivity contribution in [2.45, 2.75) is 137 Å². The number of amides is 1. The molecule has 0 aromatic rings. The quantitative estimate of drug-likeness (QED) is 0.0817. The van der Waals surface area contributed by atoms with E-state index in [1.54, 1.807) is 0 Å². The molecule has 4 aliphatic rings. The van der Waals surface area contributed by atoms with Crippen LogP contribution in [0.15, 0.2) is 0 Å². The number of phosphoric acid groups is 1. The summed E-state index contributed by atoms with van der Waals surface area (Å²) in [6.45, 7) is 0.802. The third kappa shape index (κ3) is 9.78. The Labute approximate surface area is 293 Å². The van der Waals surface area contributed by atoms with Gasteiger partial charge in [-0.25, -0.2) is 9.36 Å². The van der Waals surface area contributed by atoms with Crippen LogP contribution < -0.4 is 11.1 Å². The van der Waals surface area contributed by atoms with Gasteiger partial charge in [0.05, 0.1) is 25.4 Å². The van der Waals surface area contributed by atoms with Gasteiger partial charge in [-0.2, -0.15) is 0 Å². The number of nitrogens with one attached hydrogen (secondary N) is 1. The highest BCUT2D eigenvalue weighted by atomic mass is 31.2. The van der Waals surface area contributed by atoms with Gasteiger partial charge in [0.15, 0.2) is 31.3 Å². The molecule has 0 unspecified atom stereocenters. The second-order valence-electron chi connectivity index (χ2n) is 12.6. The van der Waals surface area contributed by atoms with Crippen LogP contribution in [-0.4, -0.2) is 209 Å². The Kier molecular flexibility index (Phi) is 14.5. The summed E-state index contributed by atoms with van der Waals surface area (Å²) in [5.41, 5.74) is 6.22. The maximum atomic E-state index is 11.9. The molecule has 0 aromatic carbocycles. The molecule has 302 valence electrons. The van der Waals surface area contributed by atoms with Crippen molar-refractivity contribution in [1.29, 1.82) is 0 Å².